The molecule has 0 amide bonds. The quantitative estimate of drug-likeness (QED) is 0.168. The molecule has 4 heterocycles. The second-order valence-corrected chi connectivity index (χ2v) is 15.9. The fourth-order valence-electron chi connectivity index (χ4n) is 7.84. The van der Waals surface area contributed by atoms with E-state index in [1.807, 2.05) is 6.20 Å². The minimum atomic E-state index is 0.000919. The Kier molecular flexibility index (Phi) is 8.33. The molecule has 8 rings (SSSR count). The highest BCUT2D eigenvalue weighted by atomic mass is 16.5. The van der Waals surface area contributed by atoms with Crippen molar-refractivity contribution in [2.24, 2.45) is 0 Å². The van der Waals surface area contributed by atoms with Crippen LogP contribution in [0.15, 0.2) is 128 Å². The zero-order valence-corrected chi connectivity index (χ0v) is 31.6. The van der Waals surface area contributed by atoms with Crippen molar-refractivity contribution in [3.8, 4) is 28.4 Å². The monoisotopic (exact) mass is 684 g/mol. The molecular weight excluding hydrogens is 637 g/mol. The number of pyridine rings is 1. The van der Waals surface area contributed by atoms with Crippen LogP contribution in [0.4, 0.5) is 0 Å². The number of benzene rings is 4. The van der Waals surface area contributed by atoms with E-state index >= 15 is 0 Å². The summed E-state index contributed by atoms with van der Waals surface area (Å²) in [5, 5.41) is 2.36. The Morgan fingerprint density at radius 2 is 1.44 bits per heavy atom. The molecule has 0 bridgehead atoms. The summed E-state index contributed by atoms with van der Waals surface area (Å²) in [5.74, 6) is 3.23. The van der Waals surface area contributed by atoms with E-state index in [-0.39, 0.29) is 11.6 Å². The van der Waals surface area contributed by atoms with Gasteiger partial charge in [0.2, 0.25) is 0 Å². The van der Waals surface area contributed by atoms with Crippen LogP contribution in [0, 0.1) is 0 Å². The van der Waals surface area contributed by atoms with E-state index in [0.717, 1.165) is 39.6 Å². The molecule has 0 radical (unpaired) electrons. The Bertz CT molecular complexity index is 2390. The first-order valence-electron chi connectivity index (χ1n) is 18.5. The van der Waals surface area contributed by atoms with Gasteiger partial charge in [-0.2, -0.15) is 0 Å². The third-order valence-corrected chi connectivity index (χ3v) is 10.5. The van der Waals surface area contributed by atoms with E-state index in [1.165, 1.54) is 38.6 Å². The molecule has 0 spiro atoms. The first kappa shape index (κ1) is 33.6. The van der Waals surface area contributed by atoms with Crippen LogP contribution in [0.3, 0.4) is 0 Å². The second kappa shape index (κ2) is 12.9. The summed E-state index contributed by atoms with van der Waals surface area (Å²) in [6.45, 7) is 15.9. The molecule has 52 heavy (non-hydrogen) atoms. The number of hydrogen-bond acceptors (Lipinski definition) is 4. The molecule has 4 aromatic carbocycles. The number of aromatic nitrogens is 2. The lowest BCUT2D eigenvalue weighted by molar-refractivity contribution is 0.282. The van der Waals surface area contributed by atoms with E-state index < -0.39 is 0 Å². The summed E-state index contributed by atoms with van der Waals surface area (Å²) in [5.41, 5.74) is 10.9. The molecule has 2 aromatic heterocycles. The number of allylic oxidation sites excluding steroid dienone is 2. The Morgan fingerprint density at radius 3 is 2.19 bits per heavy atom. The van der Waals surface area contributed by atoms with Crippen molar-refractivity contribution in [3.05, 3.63) is 150 Å². The van der Waals surface area contributed by atoms with Crippen molar-refractivity contribution < 1.29 is 4.74 Å². The maximum atomic E-state index is 6.95. The molecule has 0 saturated carbocycles. The first-order chi connectivity index (χ1) is 25.0. The molecule has 5 nitrogen and oxygen atoms in total. The molecule has 1 atom stereocenters. The van der Waals surface area contributed by atoms with Crippen molar-refractivity contribution >= 4 is 27.5 Å². The highest BCUT2D eigenvalue weighted by molar-refractivity contribution is 6.09. The maximum Gasteiger partial charge on any atom is 0.137 e. The Morgan fingerprint density at radius 1 is 0.712 bits per heavy atom. The van der Waals surface area contributed by atoms with Crippen LogP contribution < -0.4 is 4.74 Å². The molecule has 0 aliphatic carbocycles. The fraction of sp³-hybridized carbons (Fsp3) is 0.255. The van der Waals surface area contributed by atoms with Gasteiger partial charge < -0.3 is 14.5 Å². The molecular formula is C47H48N4O. The molecule has 0 fully saturated rings. The standard InChI is InChI=1S/C47H48N4O/c1-30(2)37-15-13-16-38(31(3)4)46(37)33-24-32(43-29-49(8)45-18-11-12-23-50(43)45)25-36(26-33)52-35-19-20-40-39-14-9-10-17-41(39)51(42(40)28-35)44-27-34(21-22-48-44)47(5,6)7/h9-31,45H,1-8H3. The van der Waals surface area contributed by atoms with E-state index in [9.17, 15) is 0 Å². The maximum absolute atomic E-state index is 6.95. The van der Waals surface area contributed by atoms with Gasteiger partial charge in [-0.15, -0.1) is 0 Å². The Hall–Kier alpha value is -5.55. The Balaban J connectivity index is 1.30. The highest BCUT2D eigenvalue weighted by Gasteiger charge is 2.29. The molecule has 0 N–H and O–H groups in total. The number of fused-ring (bicyclic) bond motifs is 4. The van der Waals surface area contributed by atoms with Crippen LogP contribution >= 0.6 is 0 Å². The van der Waals surface area contributed by atoms with Gasteiger partial charge in [-0.05, 0) is 106 Å². The van der Waals surface area contributed by atoms with Crippen LogP contribution in [-0.2, 0) is 5.41 Å². The summed E-state index contributed by atoms with van der Waals surface area (Å²) in [7, 11) is 2.14. The van der Waals surface area contributed by atoms with E-state index in [2.05, 4.69) is 192 Å². The van der Waals surface area contributed by atoms with Gasteiger partial charge in [0.1, 0.15) is 23.5 Å². The predicted molar refractivity (Wildman–Crippen MR) is 217 cm³/mol. The zero-order valence-electron chi connectivity index (χ0n) is 31.6. The molecule has 6 aromatic rings. The van der Waals surface area contributed by atoms with Gasteiger partial charge in [0, 0.05) is 48.0 Å². The van der Waals surface area contributed by atoms with Gasteiger partial charge in [-0.1, -0.05) is 90.9 Å². The number of likely N-dealkylation sites (N-methyl/N-ethyl adjacent to an activating group) is 1. The van der Waals surface area contributed by atoms with Crippen LogP contribution in [-0.4, -0.2) is 32.6 Å². The van der Waals surface area contributed by atoms with Gasteiger partial charge in [0.15, 0.2) is 0 Å². The van der Waals surface area contributed by atoms with Crippen molar-refractivity contribution in [3.63, 3.8) is 0 Å². The molecule has 1 unspecified atom stereocenters. The van der Waals surface area contributed by atoms with Crippen molar-refractivity contribution in [1.29, 1.82) is 0 Å². The minimum Gasteiger partial charge on any atom is -0.457 e. The SMILES string of the molecule is CC(C)c1cccc(C(C)C)c1-c1cc(Oc2ccc3c4ccccc4n(-c4cc(C(C)(C)C)ccn4)c3c2)cc(C2=CN(C)C3C=CC=CN23)c1. The number of rotatable bonds is 7. The van der Waals surface area contributed by atoms with Crippen molar-refractivity contribution in [2.45, 2.75) is 71.9 Å². The van der Waals surface area contributed by atoms with Gasteiger partial charge >= 0.3 is 0 Å². The lowest BCUT2D eigenvalue weighted by atomic mass is 9.84. The minimum absolute atomic E-state index is 0.000919. The molecule has 2 aliphatic heterocycles. The molecule has 262 valence electrons. The molecule has 0 saturated heterocycles. The van der Waals surface area contributed by atoms with E-state index in [0.29, 0.717) is 11.8 Å². The molecule has 2 aliphatic rings. The predicted octanol–water partition coefficient (Wildman–Crippen LogP) is 12.1. The summed E-state index contributed by atoms with van der Waals surface area (Å²) >= 11 is 0. The Labute approximate surface area is 308 Å². The average molecular weight is 685 g/mol. The van der Waals surface area contributed by atoms with Gasteiger partial charge in [-0.25, -0.2) is 4.98 Å². The zero-order chi connectivity index (χ0) is 36.3. The number of hydrogen-bond donors (Lipinski definition) is 0. The highest BCUT2D eigenvalue weighted by Crippen LogP contribution is 2.43. The third-order valence-electron chi connectivity index (χ3n) is 10.5. The fourth-order valence-corrected chi connectivity index (χ4v) is 7.84. The number of ether oxygens (including phenoxy) is 1. The van der Waals surface area contributed by atoms with Crippen molar-refractivity contribution in [2.75, 3.05) is 7.05 Å². The van der Waals surface area contributed by atoms with Gasteiger partial charge in [0.25, 0.3) is 0 Å². The third kappa shape index (κ3) is 5.88. The second-order valence-electron chi connectivity index (χ2n) is 15.9. The van der Waals surface area contributed by atoms with Gasteiger partial charge in [0.05, 0.1) is 16.7 Å². The summed E-state index contributed by atoms with van der Waals surface area (Å²) in [4.78, 5) is 9.49. The van der Waals surface area contributed by atoms with Crippen LogP contribution in [0.25, 0.3) is 44.4 Å². The first-order valence-corrected chi connectivity index (χ1v) is 18.5. The number of nitrogens with zero attached hydrogens (tertiary/aromatic N) is 4. The largest absolute Gasteiger partial charge is 0.457 e. The van der Waals surface area contributed by atoms with Crippen LogP contribution in [0.1, 0.15) is 82.6 Å². The topological polar surface area (TPSA) is 33.5 Å². The lowest BCUT2D eigenvalue weighted by Crippen LogP contribution is -2.33. The van der Waals surface area contributed by atoms with Crippen LogP contribution in [0.5, 0.6) is 11.5 Å². The summed E-state index contributed by atoms with van der Waals surface area (Å²) in [6.07, 6.45) is 13.0. The lowest BCUT2D eigenvalue weighted by Gasteiger charge is -2.29. The van der Waals surface area contributed by atoms with E-state index in [1.54, 1.807) is 0 Å². The van der Waals surface area contributed by atoms with E-state index in [4.69, 9.17) is 9.72 Å². The molecule has 5 heteroatoms. The van der Waals surface area contributed by atoms with Crippen LogP contribution in [0.2, 0.25) is 0 Å². The smallest absolute Gasteiger partial charge is 0.137 e. The summed E-state index contributed by atoms with van der Waals surface area (Å²) in [6, 6.07) is 32.9. The number of para-hydroxylation sites is 1. The van der Waals surface area contributed by atoms with Crippen molar-refractivity contribution in [1.82, 2.24) is 19.4 Å². The normalized spacial score (nSPS) is 15.7. The summed E-state index contributed by atoms with van der Waals surface area (Å²) < 4.78 is 9.23. The van der Waals surface area contributed by atoms with Gasteiger partial charge in [-0.3, -0.25) is 4.57 Å². The average Bonchev–Trinajstić information content (AvgIpc) is 3.65.